The van der Waals surface area contributed by atoms with Gasteiger partial charge in [-0.25, -0.2) is 4.79 Å². The van der Waals surface area contributed by atoms with Crippen LogP contribution in [0.25, 0.3) is 0 Å². The number of carbonyl (C=O) groups excluding carboxylic acids is 2. The van der Waals surface area contributed by atoms with E-state index in [4.69, 9.17) is 9.47 Å². The number of carbonyl (C=O) groups is 2. The molecule has 4 saturated carbocycles. The molecule has 0 amide bonds. The molecule has 4 atom stereocenters. The topological polar surface area (TPSA) is 72.8 Å². The normalized spacial score (nSPS) is 44.0. The van der Waals surface area contributed by atoms with Crippen LogP contribution in [0.2, 0.25) is 0 Å². The van der Waals surface area contributed by atoms with Crippen LogP contribution in [0, 0.1) is 16.2 Å². The molecule has 4 rings (SSSR count). The van der Waals surface area contributed by atoms with Gasteiger partial charge in [0.15, 0.2) is 0 Å². The molecule has 4 fully saturated rings. The van der Waals surface area contributed by atoms with Gasteiger partial charge in [0.2, 0.25) is 0 Å². The largest absolute Gasteiger partial charge is 0.469 e. The van der Waals surface area contributed by atoms with E-state index in [1.165, 1.54) is 7.11 Å². The zero-order valence-electron chi connectivity index (χ0n) is 14.2. The van der Waals surface area contributed by atoms with Crippen molar-refractivity contribution in [2.24, 2.45) is 16.2 Å². The third-order valence-corrected chi connectivity index (χ3v) is 5.88. The SMILES string of the molecule is C=C(C)C(=O)OCC12CC3(C)CC(O)(C1)CC(C(=O)OC)(C3)C2. The molecular weight excluding hydrogens is 296 g/mol. The highest BCUT2D eigenvalue weighted by molar-refractivity contribution is 5.87. The highest BCUT2D eigenvalue weighted by Crippen LogP contribution is 2.71. The van der Waals surface area contributed by atoms with Crippen LogP contribution in [0.1, 0.15) is 52.4 Å². The summed E-state index contributed by atoms with van der Waals surface area (Å²) < 4.78 is 10.5. The lowest BCUT2D eigenvalue weighted by atomic mass is 9.38. The van der Waals surface area contributed by atoms with E-state index in [1.54, 1.807) is 6.92 Å². The summed E-state index contributed by atoms with van der Waals surface area (Å²) in [6.07, 6.45) is 3.97. The van der Waals surface area contributed by atoms with Crippen molar-refractivity contribution in [2.75, 3.05) is 13.7 Å². The first-order valence-electron chi connectivity index (χ1n) is 8.19. The molecule has 23 heavy (non-hydrogen) atoms. The van der Waals surface area contributed by atoms with E-state index in [9.17, 15) is 14.7 Å². The minimum absolute atomic E-state index is 0.118. The van der Waals surface area contributed by atoms with Crippen molar-refractivity contribution in [1.82, 2.24) is 0 Å². The zero-order valence-corrected chi connectivity index (χ0v) is 14.2. The second-order valence-corrected chi connectivity index (χ2v) is 8.72. The molecule has 5 heteroatoms. The smallest absolute Gasteiger partial charge is 0.333 e. The van der Waals surface area contributed by atoms with Gasteiger partial charge in [0.05, 0.1) is 24.7 Å². The van der Waals surface area contributed by atoms with Crippen molar-refractivity contribution in [3.05, 3.63) is 12.2 Å². The minimum atomic E-state index is -0.868. The lowest BCUT2D eigenvalue weighted by Gasteiger charge is -2.67. The average Bonchev–Trinajstić information content (AvgIpc) is 2.39. The van der Waals surface area contributed by atoms with Crippen LogP contribution in [0.3, 0.4) is 0 Å². The average molecular weight is 322 g/mol. The summed E-state index contributed by atoms with van der Waals surface area (Å²) in [6, 6.07) is 0. The summed E-state index contributed by atoms with van der Waals surface area (Å²) in [5.41, 5.74) is -1.62. The highest BCUT2D eigenvalue weighted by Gasteiger charge is 2.69. The van der Waals surface area contributed by atoms with Crippen LogP contribution in [0.4, 0.5) is 0 Å². The third-order valence-electron chi connectivity index (χ3n) is 5.88. The van der Waals surface area contributed by atoms with E-state index < -0.39 is 17.0 Å². The standard InChI is InChI=1S/C18H26O5/c1-12(2)13(19)23-11-16-5-15(3)6-17(8-16,14(20)22-4)10-18(21,7-15)9-16/h21H,1,5-11H2,2-4H3. The summed E-state index contributed by atoms with van der Waals surface area (Å²) in [7, 11) is 1.40. The molecule has 128 valence electrons. The van der Waals surface area contributed by atoms with Gasteiger partial charge in [-0.3, -0.25) is 4.79 Å². The fraction of sp³-hybridized carbons (Fsp3) is 0.778. The Morgan fingerprint density at radius 2 is 1.83 bits per heavy atom. The number of hydrogen-bond donors (Lipinski definition) is 1. The molecule has 4 aliphatic rings. The Balaban J connectivity index is 1.91. The molecule has 0 aliphatic heterocycles. The molecule has 5 nitrogen and oxygen atoms in total. The Morgan fingerprint density at radius 1 is 1.13 bits per heavy atom. The van der Waals surface area contributed by atoms with Gasteiger partial charge in [-0.15, -0.1) is 0 Å². The molecule has 4 bridgehead atoms. The summed E-state index contributed by atoms with van der Waals surface area (Å²) >= 11 is 0. The van der Waals surface area contributed by atoms with Crippen LogP contribution in [0.15, 0.2) is 12.2 Å². The fourth-order valence-electron chi connectivity index (χ4n) is 6.24. The predicted octanol–water partition coefficient (Wildman–Crippen LogP) is 2.37. The van der Waals surface area contributed by atoms with E-state index in [0.717, 1.165) is 12.8 Å². The van der Waals surface area contributed by atoms with Crippen molar-refractivity contribution in [3.8, 4) is 0 Å². The summed E-state index contributed by atoms with van der Waals surface area (Å²) in [6.45, 7) is 7.58. The molecule has 0 aromatic heterocycles. The van der Waals surface area contributed by atoms with E-state index in [-0.39, 0.29) is 23.4 Å². The second kappa shape index (κ2) is 4.82. The molecule has 0 spiro atoms. The molecule has 1 N–H and O–H groups in total. The van der Waals surface area contributed by atoms with Crippen LogP contribution >= 0.6 is 0 Å². The van der Waals surface area contributed by atoms with Gasteiger partial charge in [-0.2, -0.15) is 0 Å². The predicted molar refractivity (Wildman–Crippen MR) is 83.4 cm³/mol. The Hall–Kier alpha value is -1.36. The lowest BCUT2D eigenvalue weighted by molar-refractivity contribution is -0.244. The molecule has 0 aromatic rings. The summed E-state index contributed by atoms with van der Waals surface area (Å²) in [5.74, 6) is -0.651. The Morgan fingerprint density at radius 3 is 2.39 bits per heavy atom. The quantitative estimate of drug-likeness (QED) is 0.635. The Labute approximate surface area is 137 Å². The van der Waals surface area contributed by atoms with Gasteiger partial charge < -0.3 is 14.6 Å². The van der Waals surface area contributed by atoms with E-state index >= 15 is 0 Å². The molecule has 4 aliphatic carbocycles. The molecule has 0 aromatic carbocycles. The number of esters is 2. The Bertz CT molecular complexity index is 560. The third kappa shape index (κ3) is 2.59. The lowest BCUT2D eigenvalue weighted by Crippen LogP contribution is -2.66. The van der Waals surface area contributed by atoms with Gasteiger partial charge in [0.1, 0.15) is 0 Å². The monoisotopic (exact) mass is 322 g/mol. The molecule has 0 saturated heterocycles. The summed E-state index contributed by atoms with van der Waals surface area (Å²) in [4.78, 5) is 24.3. The van der Waals surface area contributed by atoms with Crippen LogP contribution < -0.4 is 0 Å². The number of methoxy groups -OCH3 is 1. The maximum absolute atomic E-state index is 12.5. The van der Waals surface area contributed by atoms with E-state index in [2.05, 4.69) is 13.5 Å². The second-order valence-electron chi connectivity index (χ2n) is 8.72. The van der Waals surface area contributed by atoms with Gasteiger partial charge in [0.25, 0.3) is 0 Å². The van der Waals surface area contributed by atoms with Gasteiger partial charge in [-0.1, -0.05) is 13.5 Å². The zero-order chi connectivity index (χ0) is 17.1. The number of rotatable bonds is 4. The first kappa shape index (κ1) is 16.5. The number of aliphatic hydroxyl groups is 1. The Kier molecular flexibility index (Phi) is 3.46. The fourth-order valence-corrected chi connectivity index (χ4v) is 6.24. The van der Waals surface area contributed by atoms with Crippen molar-refractivity contribution in [2.45, 2.75) is 58.0 Å². The highest BCUT2D eigenvalue weighted by atomic mass is 16.5. The van der Waals surface area contributed by atoms with Gasteiger partial charge in [-0.05, 0) is 50.9 Å². The first-order chi connectivity index (χ1) is 10.6. The van der Waals surface area contributed by atoms with Crippen molar-refractivity contribution in [1.29, 1.82) is 0 Å². The van der Waals surface area contributed by atoms with Gasteiger partial charge in [0, 0.05) is 11.0 Å². The van der Waals surface area contributed by atoms with E-state index in [0.29, 0.717) is 31.3 Å². The van der Waals surface area contributed by atoms with E-state index in [1.807, 2.05) is 0 Å². The van der Waals surface area contributed by atoms with Crippen LogP contribution in [-0.4, -0.2) is 36.4 Å². The molecular formula is C18H26O5. The molecule has 0 heterocycles. The van der Waals surface area contributed by atoms with Crippen molar-refractivity contribution in [3.63, 3.8) is 0 Å². The molecule has 0 radical (unpaired) electrons. The first-order valence-corrected chi connectivity index (χ1v) is 8.19. The minimum Gasteiger partial charge on any atom is -0.469 e. The van der Waals surface area contributed by atoms with Gasteiger partial charge >= 0.3 is 11.9 Å². The number of hydrogen-bond acceptors (Lipinski definition) is 5. The van der Waals surface area contributed by atoms with Crippen molar-refractivity contribution < 1.29 is 24.2 Å². The molecule has 4 unspecified atom stereocenters. The van der Waals surface area contributed by atoms with Crippen LogP contribution in [-0.2, 0) is 19.1 Å². The maximum atomic E-state index is 12.5. The number of ether oxygens (including phenoxy) is 2. The van der Waals surface area contributed by atoms with Crippen LogP contribution in [0.5, 0.6) is 0 Å². The maximum Gasteiger partial charge on any atom is 0.333 e. The van der Waals surface area contributed by atoms with Crippen molar-refractivity contribution >= 4 is 11.9 Å². The summed E-state index contributed by atoms with van der Waals surface area (Å²) in [5, 5.41) is 11.1.